The molecule has 110 valence electrons. The number of methoxy groups -OCH3 is 1. The van der Waals surface area contributed by atoms with E-state index in [1.165, 1.54) is 7.11 Å². The second kappa shape index (κ2) is 6.64. The lowest BCUT2D eigenvalue weighted by atomic mass is 10.3. The second-order valence-electron chi connectivity index (χ2n) is 3.98. The maximum atomic E-state index is 11.9. The highest BCUT2D eigenvalue weighted by Gasteiger charge is 2.19. The fourth-order valence-electron chi connectivity index (χ4n) is 1.67. The Morgan fingerprint density at radius 1 is 1.45 bits per heavy atom. The highest BCUT2D eigenvalue weighted by molar-refractivity contribution is 5.68. The molecule has 0 saturated carbocycles. The third-order valence-corrected chi connectivity index (χ3v) is 2.75. The van der Waals surface area contributed by atoms with Crippen LogP contribution >= 0.6 is 0 Å². The molecule has 9 nitrogen and oxygen atoms in total. The van der Waals surface area contributed by atoms with Crippen LogP contribution in [0.2, 0.25) is 0 Å². The maximum Gasteiger partial charge on any atom is 0.350 e. The average molecular weight is 285 g/mol. The molecule has 9 heteroatoms. The fraction of sp³-hybridized carbons (Fsp3) is 0.545. The molecule has 0 atom stereocenters. The lowest BCUT2D eigenvalue weighted by Crippen LogP contribution is -2.40. The number of nitro groups is 1. The minimum atomic E-state index is -0.963. The van der Waals surface area contributed by atoms with Gasteiger partial charge in [-0.1, -0.05) is 0 Å². The van der Waals surface area contributed by atoms with Gasteiger partial charge in [-0.2, -0.15) is 0 Å². The minimum absolute atomic E-state index is 0.0250. The van der Waals surface area contributed by atoms with E-state index in [1.807, 2.05) is 0 Å². The Morgan fingerprint density at radius 3 is 2.60 bits per heavy atom. The Kier molecular flexibility index (Phi) is 5.18. The summed E-state index contributed by atoms with van der Waals surface area (Å²) in [5.41, 5.74) is -2.26. The first-order valence-electron chi connectivity index (χ1n) is 5.97. The summed E-state index contributed by atoms with van der Waals surface area (Å²) in [6.45, 7) is 1.76. The van der Waals surface area contributed by atoms with Crippen molar-refractivity contribution in [1.82, 2.24) is 9.13 Å². The molecule has 0 aliphatic rings. The monoisotopic (exact) mass is 285 g/mol. The van der Waals surface area contributed by atoms with E-state index in [0.717, 1.165) is 15.3 Å². The molecule has 0 aliphatic carbocycles. The largest absolute Gasteiger partial charge is 0.469 e. The molecule has 0 aliphatic heterocycles. The van der Waals surface area contributed by atoms with E-state index < -0.39 is 27.8 Å². The van der Waals surface area contributed by atoms with Crippen molar-refractivity contribution in [3.63, 3.8) is 0 Å². The van der Waals surface area contributed by atoms with Gasteiger partial charge in [0.05, 0.1) is 18.2 Å². The van der Waals surface area contributed by atoms with Gasteiger partial charge in [0, 0.05) is 19.5 Å². The van der Waals surface area contributed by atoms with Crippen LogP contribution < -0.4 is 11.2 Å². The van der Waals surface area contributed by atoms with Crippen LogP contribution in [0.15, 0.2) is 15.8 Å². The smallest absolute Gasteiger partial charge is 0.350 e. The zero-order chi connectivity index (χ0) is 15.3. The predicted molar refractivity (Wildman–Crippen MR) is 68.5 cm³/mol. The summed E-state index contributed by atoms with van der Waals surface area (Å²) in [5.74, 6) is -0.473. The number of ether oxygens (including phenoxy) is 1. The molecule has 0 N–H and O–H groups in total. The molecular weight excluding hydrogens is 270 g/mol. The zero-order valence-electron chi connectivity index (χ0n) is 11.2. The van der Waals surface area contributed by atoms with Crippen molar-refractivity contribution in [3.05, 3.63) is 37.1 Å². The van der Waals surface area contributed by atoms with Gasteiger partial charge in [-0.3, -0.25) is 28.8 Å². The highest BCUT2D eigenvalue weighted by atomic mass is 16.6. The standard InChI is InChI=1S/C11H15N3O6/c1-3-12-7-8(14(18)19)10(16)13(11(12)17)6-4-5-9(15)20-2/h7H,3-6H2,1-2H3. The molecule has 1 aromatic heterocycles. The molecule has 1 heterocycles. The third kappa shape index (κ3) is 3.31. The number of nitrogens with zero attached hydrogens (tertiary/aromatic N) is 3. The second-order valence-corrected chi connectivity index (χ2v) is 3.98. The van der Waals surface area contributed by atoms with Gasteiger partial charge < -0.3 is 4.74 Å². The lowest BCUT2D eigenvalue weighted by molar-refractivity contribution is -0.387. The lowest BCUT2D eigenvalue weighted by Gasteiger charge is -2.08. The molecule has 1 aromatic rings. The average Bonchev–Trinajstić information content (AvgIpc) is 2.42. The first kappa shape index (κ1) is 15.6. The number of aryl methyl sites for hydroxylation is 1. The van der Waals surface area contributed by atoms with Crippen molar-refractivity contribution in [2.75, 3.05) is 7.11 Å². The van der Waals surface area contributed by atoms with E-state index in [4.69, 9.17) is 0 Å². The molecule has 0 spiro atoms. The van der Waals surface area contributed by atoms with Gasteiger partial charge in [-0.15, -0.1) is 0 Å². The molecule has 20 heavy (non-hydrogen) atoms. The van der Waals surface area contributed by atoms with E-state index in [-0.39, 0.29) is 25.9 Å². The maximum absolute atomic E-state index is 11.9. The topological polar surface area (TPSA) is 113 Å². The first-order valence-corrected chi connectivity index (χ1v) is 5.97. The molecule has 0 unspecified atom stereocenters. The van der Waals surface area contributed by atoms with Crippen molar-refractivity contribution in [3.8, 4) is 0 Å². The van der Waals surface area contributed by atoms with Crippen LogP contribution in [0.25, 0.3) is 0 Å². The van der Waals surface area contributed by atoms with Crippen molar-refractivity contribution >= 4 is 11.7 Å². The van der Waals surface area contributed by atoms with Crippen LogP contribution in [-0.4, -0.2) is 27.1 Å². The molecule has 0 bridgehead atoms. The van der Waals surface area contributed by atoms with Crippen LogP contribution in [0.3, 0.4) is 0 Å². The number of esters is 1. The van der Waals surface area contributed by atoms with E-state index in [2.05, 4.69) is 4.74 Å². The first-order chi connectivity index (χ1) is 9.42. The van der Waals surface area contributed by atoms with Crippen LogP contribution in [0.1, 0.15) is 19.8 Å². The number of carbonyl (C=O) groups is 1. The molecule has 0 fully saturated rings. The summed E-state index contributed by atoms with van der Waals surface area (Å²) in [5, 5.41) is 10.8. The number of rotatable bonds is 6. The predicted octanol–water partition coefficient (Wildman–Crippen LogP) is -0.109. The number of carbonyl (C=O) groups excluding carboxylic acids is 1. The molecular formula is C11H15N3O6. The molecule has 0 radical (unpaired) electrons. The van der Waals surface area contributed by atoms with Crippen molar-refractivity contribution in [1.29, 1.82) is 0 Å². The van der Waals surface area contributed by atoms with Gasteiger partial charge in [0.2, 0.25) is 0 Å². The van der Waals surface area contributed by atoms with Crippen LogP contribution in [0.4, 0.5) is 5.69 Å². The number of hydrogen-bond acceptors (Lipinski definition) is 6. The Balaban J connectivity index is 3.14. The fourth-order valence-corrected chi connectivity index (χ4v) is 1.67. The van der Waals surface area contributed by atoms with Gasteiger partial charge >= 0.3 is 22.9 Å². The molecule has 0 saturated heterocycles. The Morgan fingerprint density at radius 2 is 2.10 bits per heavy atom. The number of hydrogen-bond donors (Lipinski definition) is 0. The van der Waals surface area contributed by atoms with Gasteiger partial charge in [-0.05, 0) is 13.3 Å². The summed E-state index contributed by atoms with van der Waals surface area (Å²) in [6.07, 6.45) is 1.14. The summed E-state index contributed by atoms with van der Waals surface area (Å²) < 4.78 is 6.29. The van der Waals surface area contributed by atoms with Crippen LogP contribution in [-0.2, 0) is 22.6 Å². The van der Waals surface area contributed by atoms with Gasteiger partial charge in [-0.25, -0.2) is 4.79 Å². The van der Waals surface area contributed by atoms with Crippen molar-refractivity contribution in [2.24, 2.45) is 0 Å². The van der Waals surface area contributed by atoms with E-state index >= 15 is 0 Å². The van der Waals surface area contributed by atoms with Gasteiger partial charge in [0.15, 0.2) is 0 Å². The SMILES string of the molecule is CCn1cc([N+](=O)[O-])c(=O)n(CCCC(=O)OC)c1=O. The summed E-state index contributed by atoms with van der Waals surface area (Å²) in [6, 6.07) is 0. The molecule has 0 aromatic carbocycles. The normalized spacial score (nSPS) is 10.3. The zero-order valence-corrected chi connectivity index (χ0v) is 11.2. The molecule has 1 rings (SSSR count). The number of aromatic nitrogens is 2. The van der Waals surface area contributed by atoms with Crippen molar-refractivity contribution < 1.29 is 14.5 Å². The quantitative estimate of drug-likeness (QED) is 0.409. The van der Waals surface area contributed by atoms with Crippen LogP contribution in [0.5, 0.6) is 0 Å². The van der Waals surface area contributed by atoms with Crippen molar-refractivity contribution in [2.45, 2.75) is 32.9 Å². The highest BCUT2D eigenvalue weighted by Crippen LogP contribution is 2.01. The van der Waals surface area contributed by atoms with Gasteiger partial charge in [0.1, 0.15) is 0 Å². The van der Waals surface area contributed by atoms with E-state index in [0.29, 0.717) is 0 Å². The van der Waals surface area contributed by atoms with Crippen LogP contribution in [0, 0.1) is 10.1 Å². The van der Waals surface area contributed by atoms with E-state index in [9.17, 15) is 24.5 Å². The Bertz CT molecular complexity index is 630. The summed E-state index contributed by atoms with van der Waals surface area (Å²) in [7, 11) is 1.23. The Labute approximate surface area is 113 Å². The summed E-state index contributed by atoms with van der Waals surface area (Å²) in [4.78, 5) is 44.7. The third-order valence-electron chi connectivity index (χ3n) is 2.75. The summed E-state index contributed by atoms with van der Waals surface area (Å²) >= 11 is 0. The Hall–Kier alpha value is -2.45. The van der Waals surface area contributed by atoms with E-state index in [1.54, 1.807) is 6.92 Å². The van der Waals surface area contributed by atoms with Gasteiger partial charge in [0.25, 0.3) is 0 Å². The molecule has 0 amide bonds. The minimum Gasteiger partial charge on any atom is -0.469 e.